The maximum Gasteiger partial charge on any atom is 0.317 e. The average Bonchev–Trinajstić information content (AvgIpc) is 3.34. The van der Waals surface area contributed by atoms with Crippen LogP contribution in [0, 0.1) is 5.92 Å². The van der Waals surface area contributed by atoms with Crippen molar-refractivity contribution in [1.82, 2.24) is 10.2 Å². The smallest absolute Gasteiger partial charge is 0.317 e. The van der Waals surface area contributed by atoms with Crippen molar-refractivity contribution >= 4 is 29.2 Å². The number of phenols is 1. The third kappa shape index (κ3) is 6.11. The Morgan fingerprint density at radius 3 is 2.55 bits per heavy atom. The lowest BCUT2D eigenvalue weighted by atomic mass is 9.96. The van der Waals surface area contributed by atoms with Crippen molar-refractivity contribution < 1.29 is 19.4 Å². The van der Waals surface area contributed by atoms with E-state index >= 15 is 0 Å². The summed E-state index contributed by atoms with van der Waals surface area (Å²) in [6, 6.07) is 12.2. The van der Waals surface area contributed by atoms with Crippen molar-refractivity contribution in [2.24, 2.45) is 5.92 Å². The molecule has 1 heterocycles. The second-order valence-electron chi connectivity index (χ2n) is 8.70. The Balaban J connectivity index is 1.25. The van der Waals surface area contributed by atoms with Crippen LogP contribution in [-0.2, 0) is 11.3 Å². The van der Waals surface area contributed by atoms with Gasteiger partial charge in [-0.25, -0.2) is 4.79 Å². The molecule has 0 unspecified atom stereocenters. The van der Waals surface area contributed by atoms with E-state index in [4.69, 9.17) is 16.3 Å². The van der Waals surface area contributed by atoms with Gasteiger partial charge in [0.25, 0.3) is 0 Å². The maximum atomic E-state index is 12.7. The number of amides is 3. The van der Waals surface area contributed by atoms with Crippen LogP contribution in [0.25, 0.3) is 0 Å². The number of aromatic hydroxyl groups is 1. The molecule has 0 bridgehead atoms. The number of anilines is 1. The molecule has 2 fully saturated rings. The molecule has 1 saturated carbocycles. The minimum atomic E-state index is -0.229. The highest BCUT2D eigenvalue weighted by Crippen LogP contribution is 2.29. The Bertz CT molecular complexity index is 985. The normalized spacial score (nSPS) is 17.1. The molecule has 8 heteroatoms. The zero-order chi connectivity index (χ0) is 23.2. The molecule has 0 atom stereocenters. The Kier molecular flexibility index (Phi) is 7.60. The molecule has 176 valence electrons. The first kappa shape index (κ1) is 23.2. The van der Waals surface area contributed by atoms with Gasteiger partial charge in [-0.2, -0.15) is 0 Å². The molecule has 0 radical (unpaired) electrons. The molecule has 0 spiro atoms. The summed E-state index contributed by atoms with van der Waals surface area (Å²) in [4.78, 5) is 27.0. The first-order valence-electron chi connectivity index (χ1n) is 11.6. The highest BCUT2D eigenvalue weighted by atomic mass is 35.5. The van der Waals surface area contributed by atoms with Gasteiger partial charge in [0, 0.05) is 36.1 Å². The van der Waals surface area contributed by atoms with E-state index in [2.05, 4.69) is 10.6 Å². The van der Waals surface area contributed by atoms with E-state index in [9.17, 15) is 14.7 Å². The van der Waals surface area contributed by atoms with Crippen LogP contribution in [0.1, 0.15) is 44.1 Å². The lowest BCUT2D eigenvalue weighted by molar-refractivity contribution is -0.121. The third-order valence-corrected chi connectivity index (χ3v) is 6.60. The summed E-state index contributed by atoms with van der Waals surface area (Å²) in [5.74, 6) is 0.407. The number of piperidine rings is 1. The van der Waals surface area contributed by atoms with E-state index in [1.165, 1.54) is 25.0 Å². The van der Waals surface area contributed by atoms with Crippen molar-refractivity contribution in [3.8, 4) is 11.5 Å². The number of urea groups is 1. The summed E-state index contributed by atoms with van der Waals surface area (Å²) < 4.78 is 6.15. The highest BCUT2D eigenvalue weighted by molar-refractivity contribution is 6.31. The maximum absolute atomic E-state index is 12.7. The Morgan fingerprint density at radius 2 is 1.79 bits per heavy atom. The van der Waals surface area contributed by atoms with E-state index in [0.29, 0.717) is 43.2 Å². The standard InChI is InChI=1S/C25H30ClN3O4/c26-19-9-10-22(30)21(15-19)28-24(31)17-11-13-29(14-12-17)25(32)27-16-18-5-1-4-8-23(18)33-20-6-2-3-7-20/h1,4-5,8-10,15,17,20,30H,2-3,6-7,11-14,16H2,(H,27,32)(H,28,31). The molecule has 1 aliphatic carbocycles. The second kappa shape index (κ2) is 10.8. The molecule has 1 aliphatic heterocycles. The lowest BCUT2D eigenvalue weighted by Gasteiger charge is -2.31. The van der Waals surface area contributed by atoms with Crippen molar-refractivity contribution in [2.45, 2.75) is 51.2 Å². The summed E-state index contributed by atoms with van der Waals surface area (Å²) in [5.41, 5.74) is 1.26. The molecule has 2 aromatic carbocycles. The zero-order valence-electron chi connectivity index (χ0n) is 18.6. The summed E-state index contributed by atoms with van der Waals surface area (Å²) >= 11 is 5.94. The number of nitrogens with zero attached hydrogens (tertiary/aromatic N) is 1. The van der Waals surface area contributed by atoms with Crippen LogP contribution in [0.5, 0.6) is 11.5 Å². The van der Waals surface area contributed by atoms with Crippen LogP contribution in [0.2, 0.25) is 5.02 Å². The molecule has 4 rings (SSSR count). The number of rotatable bonds is 6. The highest BCUT2D eigenvalue weighted by Gasteiger charge is 2.28. The molecular weight excluding hydrogens is 442 g/mol. The van der Waals surface area contributed by atoms with Gasteiger partial charge in [-0.1, -0.05) is 29.8 Å². The molecule has 2 aliphatic rings. The molecular formula is C25H30ClN3O4. The summed E-state index contributed by atoms with van der Waals surface area (Å²) in [6.07, 6.45) is 5.96. The molecule has 3 amide bonds. The van der Waals surface area contributed by atoms with Crippen LogP contribution >= 0.6 is 11.6 Å². The number of carbonyl (C=O) groups excluding carboxylic acids is 2. The zero-order valence-corrected chi connectivity index (χ0v) is 19.3. The average molecular weight is 472 g/mol. The van der Waals surface area contributed by atoms with Crippen molar-refractivity contribution in [3.63, 3.8) is 0 Å². The van der Waals surface area contributed by atoms with Crippen LogP contribution in [0.15, 0.2) is 42.5 Å². The van der Waals surface area contributed by atoms with Crippen molar-refractivity contribution in [2.75, 3.05) is 18.4 Å². The largest absolute Gasteiger partial charge is 0.506 e. The molecule has 1 saturated heterocycles. The number of carbonyl (C=O) groups is 2. The Labute approximate surface area is 199 Å². The Hall–Kier alpha value is -2.93. The van der Waals surface area contributed by atoms with E-state index in [-0.39, 0.29) is 29.7 Å². The fourth-order valence-electron chi connectivity index (χ4n) is 4.42. The van der Waals surface area contributed by atoms with Gasteiger partial charge in [-0.3, -0.25) is 4.79 Å². The van der Waals surface area contributed by atoms with E-state index in [1.54, 1.807) is 11.0 Å². The summed E-state index contributed by atoms with van der Waals surface area (Å²) in [5, 5.41) is 16.1. The monoisotopic (exact) mass is 471 g/mol. The van der Waals surface area contributed by atoms with E-state index in [1.807, 2.05) is 24.3 Å². The molecule has 7 nitrogen and oxygen atoms in total. The number of hydrogen-bond donors (Lipinski definition) is 3. The number of nitrogens with one attached hydrogen (secondary N) is 2. The minimum Gasteiger partial charge on any atom is -0.506 e. The number of benzene rings is 2. The van der Waals surface area contributed by atoms with E-state index < -0.39 is 0 Å². The van der Waals surface area contributed by atoms with Gasteiger partial charge >= 0.3 is 6.03 Å². The molecule has 3 N–H and O–H groups in total. The first-order valence-corrected chi connectivity index (χ1v) is 11.9. The number of para-hydroxylation sites is 1. The van der Waals surface area contributed by atoms with Gasteiger partial charge in [0.2, 0.25) is 5.91 Å². The number of halogens is 1. The number of likely N-dealkylation sites (tertiary alicyclic amines) is 1. The number of phenolic OH excluding ortho intramolecular Hbond substituents is 1. The first-order chi connectivity index (χ1) is 16.0. The summed E-state index contributed by atoms with van der Waals surface area (Å²) in [7, 11) is 0. The van der Waals surface area contributed by atoms with Gasteiger partial charge in [0.1, 0.15) is 11.5 Å². The van der Waals surface area contributed by atoms with Gasteiger partial charge in [0.15, 0.2) is 0 Å². The summed E-state index contributed by atoms with van der Waals surface area (Å²) in [6.45, 7) is 1.38. The number of hydrogen-bond acceptors (Lipinski definition) is 4. The van der Waals surface area contributed by atoms with Crippen LogP contribution in [-0.4, -0.2) is 41.1 Å². The van der Waals surface area contributed by atoms with Gasteiger partial charge in [-0.15, -0.1) is 0 Å². The van der Waals surface area contributed by atoms with Crippen molar-refractivity contribution in [3.05, 3.63) is 53.1 Å². The van der Waals surface area contributed by atoms with Crippen LogP contribution in [0.4, 0.5) is 10.5 Å². The van der Waals surface area contributed by atoms with Crippen molar-refractivity contribution in [1.29, 1.82) is 0 Å². The van der Waals surface area contributed by atoms with E-state index in [0.717, 1.165) is 24.2 Å². The molecule has 2 aromatic rings. The van der Waals surface area contributed by atoms with Crippen LogP contribution < -0.4 is 15.4 Å². The minimum absolute atomic E-state index is 0.0262. The predicted octanol–water partition coefficient (Wildman–Crippen LogP) is 4.93. The van der Waals surface area contributed by atoms with Gasteiger partial charge < -0.3 is 25.4 Å². The van der Waals surface area contributed by atoms with Gasteiger partial charge in [-0.05, 0) is 62.8 Å². The topological polar surface area (TPSA) is 90.9 Å². The lowest BCUT2D eigenvalue weighted by Crippen LogP contribution is -2.45. The second-order valence-corrected chi connectivity index (χ2v) is 9.14. The van der Waals surface area contributed by atoms with Gasteiger partial charge in [0.05, 0.1) is 11.8 Å². The SMILES string of the molecule is O=C(Nc1cc(Cl)ccc1O)C1CCN(C(=O)NCc2ccccc2OC2CCCC2)CC1. The fourth-order valence-corrected chi connectivity index (χ4v) is 4.59. The Morgan fingerprint density at radius 1 is 1.06 bits per heavy atom. The fraction of sp³-hybridized carbons (Fsp3) is 0.440. The predicted molar refractivity (Wildman–Crippen MR) is 128 cm³/mol. The molecule has 33 heavy (non-hydrogen) atoms. The van der Waals surface area contributed by atoms with Crippen LogP contribution in [0.3, 0.4) is 0 Å². The quantitative estimate of drug-likeness (QED) is 0.521. The molecule has 0 aromatic heterocycles. The third-order valence-electron chi connectivity index (χ3n) is 6.37. The number of ether oxygens (including phenoxy) is 1.